The summed E-state index contributed by atoms with van der Waals surface area (Å²) in [6, 6.07) is 14.8. The average Bonchev–Trinajstić information content (AvgIpc) is 2.53. The van der Waals surface area contributed by atoms with E-state index >= 15 is 0 Å². The van der Waals surface area contributed by atoms with Gasteiger partial charge in [-0.1, -0.05) is 30.3 Å². The first-order valence-electron chi connectivity index (χ1n) is 6.84. The van der Waals surface area contributed by atoms with Gasteiger partial charge in [0, 0.05) is 19.0 Å². The van der Waals surface area contributed by atoms with E-state index in [9.17, 15) is 0 Å². The van der Waals surface area contributed by atoms with Gasteiger partial charge >= 0.3 is 0 Å². The van der Waals surface area contributed by atoms with Crippen LogP contribution in [-0.2, 0) is 6.54 Å². The number of hydrogen-bond donors (Lipinski definition) is 1. The van der Waals surface area contributed by atoms with Gasteiger partial charge in [0.15, 0.2) is 11.5 Å². The first-order chi connectivity index (χ1) is 9.83. The standard InChI is InChI=1S/C17H19NO2/c1-19-16-8-7-12(9-17(16)20-2)15-11-18-10-13-5-3-4-6-14(13)15/h3-9,15,18H,10-11H2,1-2H3. The molecular formula is C17H19NO2. The minimum Gasteiger partial charge on any atom is -0.493 e. The number of hydrogen-bond acceptors (Lipinski definition) is 3. The van der Waals surface area contributed by atoms with Crippen molar-refractivity contribution < 1.29 is 9.47 Å². The van der Waals surface area contributed by atoms with Crippen LogP contribution in [0.3, 0.4) is 0 Å². The first kappa shape index (κ1) is 13.0. The Morgan fingerprint density at radius 2 is 1.80 bits per heavy atom. The fourth-order valence-electron chi connectivity index (χ4n) is 2.86. The Morgan fingerprint density at radius 1 is 1.00 bits per heavy atom. The van der Waals surface area contributed by atoms with Gasteiger partial charge in [-0.2, -0.15) is 0 Å². The molecule has 2 aromatic rings. The van der Waals surface area contributed by atoms with E-state index in [1.54, 1.807) is 14.2 Å². The van der Waals surface area contributed by atoms with Crippen LogP contribution < -0.4 is 14.8 Å². The van der Waals surface area contributed by atoms with E-state index in [0.717, 1.165) is 24.6 Å². The molecule has 0 saturated carbocycles. The summed E-state index contributed by atoms with van der Waals surface area (Å²) in [5.41, 5.74) is 4.03. The second-order valence-electron chi connectivity index (χ2n) is 5.00. The van der Waals surface area contributed by atoms with E-state index in [1.807, 2.05) is 6.07 Å². The van der Waals surface area contributed by atoms with E-state index in [4.69, 9.17) is 9.47 Å². The zero-order chi connectivity index (χ0) is 13.9. The van der Waals surface area contributed by atoms with Crippen LogP contribution in [0.4, 0.5) is 0 Å². The molecule has 1 aliphatic heterocycles. The molecule has 2 aromatic carbocycles. The Labute approximate surface area is 119 Å². The van der Waals surface area contributed by atoms with Crippen LogP contribution in [0.2, 0.25) is 0 Å². The molecule has 0 fully saturated rings. The quantitative estimate of drug-likeness (QED) is 0.929. The molecule has 0 saturated heterocycles. The molecule has 104 valence electrons. The Kier molecular flexibility index (Phi) is 3.61. The maximum Gasteiger partial charge on any atom is 0.161 e. The van der Waals surface area contributed by atoms with Crippen molar-refractivity contribution in [3.8, 4) is 11.5 Å². The molecule has 3 nitrogen and oxygen atoms in total. The molecule has 1 aliphatic rings. The summed E-state index contributed by atoms with van der Waals surface area (Å²) < 4.78 is 10.7. The molecule has 1 unspecified atom stereocenters. The fourth-order valence-corrected chi connectivity index (χ4v) is 2.86. The number of methoxy groups -OCH3 is 2. The number of benzene rings is 2. The van der Waals surface area contributed by atoms with Crippen molar-refractivity contribution in [2.45, 2.75) is 12.5 Å². The summed E-state index contributed by atoms with van der Waals surface area (Å²) in [4.78, 5) is 0. The van der Waals surface area contributed by atoms with E-state index < -0.39 is 0 Å². The van der Waals surface area contributed by atoms with E-state index in [-0.39, 0.29) is 0 Å². The molecule has 3 heteroatoms. The lowest BCUT2D eigenvalue weighted by Gasteiger charge is -2.27. The van der Waals surface area contributed by atoms with Crippen molar-refractivity contribution in [2.75, 3.05) is 20.8 Å². The maximum atomic E-state index is 5.41. The van der Waals surface area contributed by atoms with Crippen molar-refractivity contribution >= 4 is 0 Å². The topological polar surface area (TPSA) is 30.5 Å². The van der Waals surface area contributed by atoms with Gasteiger partial charge in [-0.3, -0.25) is 0 Å². The third kappa shape index (κ3) is 2.25. The molecule has 1 atom stereocenters. The van der Waals surface area contributed by atoms with Crippen LogP contribution in [-0.4, -0.2) is 20.8 Å². The smallest absolute Gasteiger partial charge is 0.161 e. The Bertz CT molecular complexity index is 610. The van der Waals surface area contributed by atoms with Crippen LogP contribution in [0.15, 0.2) is 42.5 Å². The van der Waals surface area contributed by atoms with Gasteiger partial charge < -0.3 is 14.8 Å². The number of ether oxygens (including phenoxy) is 2. The van der Waals surface area contributed by atoms with E-state index in [1.165, 1.54) is 16.7 Å². The predicted octanol–water partition coefficient (Wildman–Crippen LogP) is 2.94. The minimum atomic E-state index is 0.361. The van der Waals surface area contributed by atoms with Gasteiger partial charge in [0.25, 0.3) is 0 Å². The highest BCUT2D eigenvalue weighted by atomic mass is 16.5. The second-order valence-corrected chi connectivity index (χ2v) is 5.00. The van der Waals surface area contributed by atoms with Crippen LogP contribution in [0.5, 0.6) is 11.5 Å². The molecule has 0 spiro atoms. The lowest BCUT2D eigenvalue weighted by molar-refractivity contribution is 0.354. The summed E-state index contributed by atoms with van der Waals surface area (Å²) >= 11 is 0. The molecule has 20 heavy (non-hydrogen) atoms. The molecule has 0 bridgehead atoms. The van der Waals surface area contributed by atoms with E-state index in [2.05, 4.69) is 41.7 Å². The molecule has 1 heterocycles. The Hall–Kier alpha value is -2.00. The molecular weight excluding hydrogens is 250 g/mol. The second kappa shape index (κ2) is 5.55. The number of nitrogens with one attached hydrogen (secondary N) is 1. The summed E-state index contributed by atoms with van der Waals surface area (Å²) in [6.45, 7) is 1.90. The van der Waals surface area contributed by atoms with Gasteiger partial charge in [0.05, 0.1) is 14.2 Å². The van der Waals surface area contributed by atoms with Gasteiger partial charge in [-0.25, -0.2) is 0 Å². The minimum absolute atomic E-state index is 0.361. The highest BCUT2D eigenvalue weighted by Gasteiger charge is 2.22. The molecule has 1 N–H and O–H groups in total. The largest absolute Gasteiger partial charge is 0.493 e. The molecule has 0 aromatic heterocycles. The van der Waals surface area contributed by atoms with Crippen LogP contribution in [0, 0.1) is 0 Å². The zero-order valence-corrected chi connectivity index (χ0v) is 11.8. The van der Waals surface area contributed by atoms with Crippen molar-refractivity contribution in [3.05, 3.63) is 59.2 Å². The third-order valence-corrected chi connectivity index (χ3v) is 3.90. The summed E-state index contributed by atoms with van der Waals surface area (Å²) in [5.74, 6) is 1.92. The highest BCUT2D eigenvalue weighted by molar-refractivity contribution is 5.48. The SMILES string of the molecule is COc1ccc(C2CNCc3ccccc32)cc1OC. The summed E-state index contributed by atoms with van der Waals surface area (Å²) in [6.07, 6.45) is 0. The first-order valence-corrected chi connectivity index (χ1v) is 6.84. The average molecular weight is 269 g/mol. The zero-order valence-electron chi connectivity index (χ0n) is 11.8. The van der Waals surface area contributed by atoms with Crippen molar-refractivity contribution in [1.82, 2.24) is 5.32 Å². The normalized spacial score (nSPS) is 17.4. The molecule has 0 aliphatic carbocycles. The van der Waals surface area contributed by atoms with Crippen LogP contribution in [0.1, 0.15) is 22.6 Å². The van der Waals surface area contributed by atoms with Crippen molar-refractivity contribution in [3.63, 3.8) is 0 Å². The van der Waals surface area contributed by atoms with Gasteiger partial charge in [-0.15, -0.1) is 0 Å². The monoisotopic (exact) mass is 269 g/mol. The van der Waals surface area contributed by atoms with Crippen LogP contribution >= 0.6 is 0 Å². The number of rotatable bonds is 3. The summed E-state index contributed by atoms with van der Waals surface area (Å²) in [7, 11) is 3.34. The predicted molar refractivity (Wildman–Crippen MR) is 79.5 cm³/mol. The van der Waals surface area contributed by atoms with Gasteiger partial charge in [0.1, 0.15) is 0 Å². The Morgan fingerprint density at radius 3 is 2.60 bits per heavy atom. The summed E-state index contributed by atoms with van der Waals surface area (Å²) in [5, 5.41) is 3.48. The lowest BCUT2D eigenvalue weighted by Crippen LogP contribution is -2.28. The maximum absolute atomic E-state index is 5.41. The van der Waals surface area contributed by atoms with Gasteiger partial charge in [-0.05, 0) is 28.8 Å². The molecule has 3 rings (SSSR count). The van der Waals surface area contributed by atoms with Crippen molar-refractivity contribution in [1.29, 1.82) is 0 Å². The molecule has 0 radical (unpaired) electrons. The highest BCUT2D eigenvalue weighted by Crippen LogP contribution is 2.35. The van der Waals surface area contributed by atoms with Crippen molar-refractivity contribution in [2.24, 2.45) is 0 Å². The fraction of sp³-hybridized carbons (Fsp3) is 0.294. The number of fused-ring (bicyclic) bond motifs is 1. The van der Waals surface area contributed by atoms with E-state index in [0.29, 0.717) is 5.92 Å². The lowest BCUT2D eigenvalue weighted by atomic mass is 9.85. The molecule has 0 amide bonds. The van der Waals surface area contributed by atoms with Crippen LogP contribution in [0.25, 0.3) is 0 Å². The third-order valence-electron chi connectivity index (χ3n) is 3.90. The van der Waals surface area contributed by atoms with Gasteiger partial charge in [0.2, 0.25) is 0 Å². The Balaban J connectivity index is 2.02.